The Morgan fingerprint density at radius 3 is 2.72 bits per heavy atom. The van der Waals surface area contributed by atoms with Crippen LogP contribution >= 0.6 is 11.8 Å². The van der Waals surface area contributed by atoms with E-state index >= 15 is 0 Å². The highest BCUT2D eigenvalue weighted by Gasteiger charge is 2.24. The van der Waals surface area contributed by atoms with Gasteiger partial charge in [0.2, 0.25) is 0 Å². The minimum Gasteiger partial charge on any atom is -0.396 e. The lowest BCUT2D eigenvalue weighted by Crippen LogP contribution is -2.46. The molecule has 1 unspecified atom stereocenters. The van der Waals surface area contributed by atoms with Crippen molar-refractivity contribution >= 4 is 17.7 Å². The second kappa shape index (κ2) is 6.75. The fourth-order valence-electron chi connectivity index (χ4n) is 1.56. The smallest absolute Gasteiger partial charge is 0.253 e. The van der Waals surface area contributed by atoms with Gasteiger partial charge in [0.1, 0.15) is 0 Å². The molecule has 1 rings (SSSR count). The molecule has 1 amide bonds. The molecule has 100 valence electrons. The van der Waals surface area contributed by atoms with E-state index in [0.29, 0.717) is 12.0 Å². The van der Waals surface area contributed by atoms with Crippen molar-refractivity contribution in [1.29, 1.82) is 0 Å². The van der Waals surface area contributed by atoms with Crippen molar-refractivity contribution in [3.05, 3.63) is 23.9 Å². The van der Waals surface area contributed by atoms with Crippen LogP contribution in [0.1, 0.15) is 37.0 Å². The number of thioether (sulfide) groups is 1. The zero-order valence-corrected chi connectivity index (χ0v) is 11.9. The Balaban J connectivity index is 2.74. The van der Waals surface area contributed by atoms with Gasteiger partial charge in [0.05, 0.1) is 10.6 Å². The summed E-state index contributed by atoms with van der Waals surface area (Å²) >= 11 is 1.54. The number of carbonyl (C=O) groups is 1. The third-order valence-electron chi connectivity index (χ3n) is 3.07. The lowest BCUT2D eigenvalue weighted by atomic mass is 9.94. The predicted octanol–water partition coefficient (Wildman–Crippen LogP) is 2.08. The van der Waals surface area contributed by atoms with Crippen molar-refractivity contribution in [2.45, 2.75) is 37.3 Å². The molecule has 1 atom stereocenters. The molecule has 0 aliphatic rings. The maximum atomic E-state index is 12.1. The van der Waals surface area contributed by atoms with Gasteiger partial charge < -0.3 is 10.4 Å². The molecule has 0 aromatic carbocycles. The van der Waals surface area contributed by atoms with Gasteiger partial charge in [-0.05, 0) is 38.2 Å². The average Bonchev–Trinajstić information content (AvgIpc) is 2.39. The molecule has 0 bridgehead atoms. The first-order chi connectivity index (χ1) is 8.54. The van der Waals surface area contributed by atoms with Gasteiger partial charge in [0, 0.05) is 18.3 Å². The number of nitrogens with zero attached hydrogens (tertiary/aromatic N) is 1. The summed E-state index contributed by atoms with van der Waals surface area (Å²) in [7, 11) is 0. The topological polar surface area (TPSA) is 62.2 Å². The average molecular weight is 268 g/mol. The highest BCUT2D eigenvalue weighted by atomic mass is 32.2. The van der Waals surface area contributed by atoms with Crippen molar-refractivity contribution in [2.24, 2.45) is 0 Å². The van der Waals surface area contributed by atoms with Crippen LogP contribution < -0.4 is 5.32 Å². The van der Waals surface area contributed by atoms with Crippen LogP contribution in [0.25, 0.3) is 0 Å². The fourth-order valence-corrected chi connectivity index (χ4v) is 1.92. The van der Waals surface area contributed by atoms with E-state index < -0.39 is 0 Å². The summed E-state index contributed by atoms with van der Waals surface area (Å²) in [5, 5.41) is 12.9. The maximum Gasteiger partial charge on any atom is 0.253 e. The van der Waals surface area contributed by atoms with Gasteiger partial charge in [-0.3, -0.25) is 4.79 Å². The van der Waals surface area contributed by atoms with Gasteiger partial charge in [-0.25, -0.2) is 4.98 Å². The van der Waals surface area contributed by atoms with Gasteiger partial charge in [-0.15, -0.1) is 11.8 Å². The van der Waals surface area contributed by atoms with Crippen molar-refractivity contribution < 1.29 is 9.90 Å². The third-order valence-corrected chi connectivity index (χ3v) is 3.73. The number of amides is 1. The van der Waals surface area contributed by atoms with Gasteiger partial charge in [0.25, 0.3) is 5.91 Å². The molecule has 0 aliphatic heterocycles. The monoisotopic (exact) mass is 268 g/mol. The molecule has 1 aromatic heterocycles. The van der Waals surface area contributed by atoms with Crippen molar-refractivity contribution in [3.8, 4) is 0 Å². The molecule has 4 nitrogen and oxygen atoms in total. The number of aliphatic hydroxyl groups excluding tert-OH is 1. The van der Waals surface area contributed by atoms with Crippen molar-refractivity contribution in [3.63, 3.8) is 0 Å². The number of carbonyl (C=O) groups excluding carboxylic acids is 1. The zero-order chi connectivity index (χ0) is 13.6. The third kappa shape index (κ3) is 3.99. The second-order valence-corrected chi connectivity index (χ2v) is 5.26. The summed E-state index contributed by atoms with van der Waals surface area (Å²) in [6.45, 7) is 3.99. The normalized spacial score (nSPS) is 14.0. The Labute approximate surface area is 112 Å². The van der Waals surface area contributed by atoms with Crippen molar-refractivity contribution in [1.82, 2.24) is 10.3 Å². The van der Waals surface area contributed by atoms with Crippen LogP contribution in [-0.2, 0) is 0 Å². The fraction of sp³-hybridized carbons (Fsp3) is 0.538. The summed E-state index contributed by atoms with van der Waals surface area (Å²) in [5.74, 6) is -0.145. The standard InChI is InChI=1S/C13H20N2O2S/c1-4-13(2,7-8-16)15-12(17)10-5-6-11(18-3)14-9-10/h5-6,9,16H,4,7-8H2,1-3H3,(H,15,17). The molecular weight excluding hydrogens is 248 g/mol. The number of aliphatic hydroxyl groups is 1. The van der Waals surface area contributed by atoms with Crippen molar-refractivity contribution in [2.75, 3.05) is 12.9 Å². The lowest BCUT2D eigenvalue weighted by Gasteiger charge is -2.28. The Morgan fingerprint density at radius 2 is 2.28 bits per heavy atom. The number of pyridine rings is 1. The molecule has 5 heteroatoms. The Hall–Kier alpha value is -1.07. The zero-order valence-electron chi connectivity index (χ0n) is 11.1. The van der Waals surface area contributed by atoms with Crippen LogP contribution in [0.5, 0.6) is 0 Å². The molecule has 0 spiro atoms. The lowest BCUT2D eigenvalue weighted by molar-refractivity contribution is 0.0885. The first-order valence-electron chi connectivity index (χ1n) is 5.98. The second-order valence-electron chi connectivity index (χ2n) is 4.43. The number of hydrogen-bond acceptors (Lipinski definition) is 4. The minimum absolute atomic E-state index is 0.0638. The molecule has 1 aromatic rings. The maximum absolute atomic E-state index is 12.1. The molecule has 0 fully saturated rings. The van der Waals surface area contributed by atoms with E-state index in [1.54, 1.807) is 12.3 Å². The van der Waals surface area contributed by atoms with E-state index in [0.717, 1.165) is 11.4 Å². The van der Waals surface area contributed by atoms with Crippen LogP contribution in [0.4, 0.5) is 0 Å². The van der Waals surface area contributed by atoms with Gasteiger partial charge in [0.15, 0.2) is 0 Å². The van der Waals surface area contributed by atoms with E-state index in [2.05, 4.69) is 10.3 Å². The first kappa shape index (κ1) is 15.0. The molecule has 2 N–H and O–H groups in total. The Kier molecular flexibility index (Phi) is 5.62. The largest absolute Gasteiger partial charge is 0.396 e. The number of rotatable bonds is 6. The number of aromatic nitrogens is 1. The molecule has 0 radical (unpaired) electrons. The Morgan fingerprint density at radius 1 is 1.56 bits per heavy atom. The Bertz CT molecular complexity index is 394. The van der Waals surface area contributed by atoms with Gasteiger partial charge in [-0.2, -0.15) is 0 Å². The van der Waals surface area contributed by atoms with Crippen LogP contribution in [-0.4, -0.2) is 34.4 Å². The minimum atomic E-state index is -0.371. The first-order valence-corrected chi connectivity index (χ1v) is 7.20. The van der Waals surface area contributed by atoms with Crippen LogP contribution in [0, 0.1) is 0 Å². The molecular formula is C13H20N2O2S. The quantitative estimate of drug-likeness (QED) is 0.775. The summed E-state index contributed by atoms with van der Waals surface area (Å²) in [4.78, 5) is 16.2. The van der Waals surface area contributed by atoms with E-state index in [9.17, 15) is 4.79 Å². The van der Waals surface area contributed by atoms with Gasteiger partial charge >= 0.3 is 0 Å². The van der Waals surface area contributed by atoms with Crippen LogP contribution in [0.2, 0.25) is 0 Å². The van der Waals surface area contributed by atoms with E-state index in [-0.39, 0.29) is 18.1 Å². The highest BCUT2D eigenvalue weighted by molar-refractivity contribution is 7.98. The number of hydrogen-bond donors (Lipinski definition) is 2. The van der Waals surface area contributed by atoms with Gasteiger partial charge in [-0.1, -0.05) is 6.92 Å². The molecule has 18 heavy (non-hydrogen) atoms. The molecule has 0 saturated carbocycles. The highest BCUT2D eigenvalue weighted by Crippen LogP contribution is 2.16. The van der Waals surface area contributed by atoms with E-state index in [4.69, 9.17) is 5.11 Å². The van der Waals surface area contributed by atoms with Crippen LogP contribution in [0.3, 0.4) is 0 Å². The van der Waals surface area contributed by atoms with Crippen LogP contribution in [0.15, 0.2) is 23.4 Å². The van der Waals surface area contributed by atoms with E-state index in [1.807, 2.05) is 26.2 Å². The molecule has 0 aliphatic carbocycles. The summed E-state index contributed by atoms with van der Waals surface area (Å²) in [5.41, 5.74) is 0.176. The molecule has 1 heterocycles. The summed E-state index contributed by atoms with van der Waals surface area (Å²) in [6, 6.07) is 3.60. The molecule has 0 saturated heterocycles. The van der Waals surface area contributed by atoms with E-state index in [1.165, 1.54) is 11.8 Å². The summed E-state index contributed by atoms with van der Waals surface area (Å²) < 4.78 is 0. The SMILES string of the molecule is CCC(C)(CCO)NC(=O)c1ccc(SC)nc1. The number of nitrogens with one attached hydrogen (secondary N) is 1. The summed E-state index contributed by atoms with van der Waals surface area (Å²) in [6.07, 6.45) is 4.84. The predicted molar refractivity (Wildman–Crippen MR) is 73.9 cm³/mol.